The van der Waals surface area contributed by atoms with Crippen molar-refractivity contribution in [3.63, 3.8) is 0 Å². The Morgan fingerprint density at radius 2 is 1.70 bits per heavy atom. The van der Waals surface area contributed by atoms with E-state index >= 15 is 0 Å². The van der Waals surface area contributed by atoms with Gasteiger partial charge < -0.3 is 4.90 Å². The van der Waals surface area contributed by atoms with Gasteiger partial charge in [-0.15, -0.1) is 0 Å². The minimum Gasteiger partial charge on any atom is -0.375 e. The summed E-state index contributed by atoms with van der Waals surface area (Å²) in [5, 5.41) is 4.84. The minimum atomic E-state index is -0.478. The molecular formula is C14H15N3O2S. The van der Waals surface area contributed by atoms with Crippen molar-refractivity contribution in [2.45, 2.75) is 6.92 Å². The first-order chi connectivity index (χ1) is 9.51. The highest BCUT2D eigenvalue weighted by molar-refractivity contribution is 7.80. The first kappa shape index (κ1) is 14.2. The van der Waals surface area contributed by atoms with E-state index in [0.717, 1.165) is 17.8 Å². The van der Waals surface area contributed by atoms with Crippen LogP contribution in [0.4, 0.5) is 5.69 Å². The molecule has 2 rings (SSSR count). The average Bonchev–Trinajstić information content (AvgIpc) is 2.42. The standard InChI is InChI=1S/C14H15N3O2S/c1-3-17(2)10-6-4-9(5-7-10)8-11-12(18)15-14(20)16-13(11)19/h4-8H,3H2,1-2H3,(H2,15,16,18,19,20). The summed E-state index contributed by atoms with van der Waals surface area (Å²) >= 11 is 4.74. The second-order valence-corrected chi connectivity index (χ2v) is 4.81. The van der Waals surface area contributed by atoms with E-state index in [0.29, 0.717) is 0 Å². The smallest absolute Gasteiger partial charge is 0.263 e. The lowest BCUT2D eigenvalue weighted by atomic mass is 10.1. The Morgan fingerprint density at radius 1 is 1.15 bits per heavy atom. The number of nitrogens with zero attached hydrogens (tertiary/aromatic N) is 1. The normalized spacial score (nSPS) is 14.7. The molecule has 1 saturated heterocycles. The van der Waals surface area contributed by atoms with Gasteiger partial charge in [0, 0.05) is 19.3 Å². The quantitative estimate of drug-likeness (QED) is 0.496. The van der Waals surface area contributed by atoms with Crippen LogP contribution in [-0.2, 0) is 9.59 Å². The monoisotopic (exact) mass is 289 g/mol. The van der Waals surface area contributed by atoms with E-state index in [1.54, 1.807) is 6.08 Å². The van der Waals surface area contributed by atoms with E-state index in [2.05, 4.69) is 22.5 Å². The van der Waals surface area contributed by atoms with Crippen LogP contribution in [0.3, 0.4) is 0 Å². The molecule has 1 fully saturated rings. The molecule has 2 amide bonds. The molecule has 0 atom stereocenters. The van der Waals surface area contributed by atoms with Crippen LogP contribution >= 0.6 is 12.2 Å². The number of hydrogen-bond acceptors (Lipinski definition) is 4. The summed E-state index contributed by atoms with van der Waals surface area (Å²) in [6.07, 6.45) is 1.54. The van der Waals surface area contributed by atoms with Crippen LogP contribution in [0.5, 0.6) is 0 Å². The van der Waals surface area contributed by atoms with Crippen molar-refractivity contribution in [3.8, 4) is 0 Å². The maximum absolute atomic E-state index is 11.7. The third-order valence-corrected chi connectivity index (χ3v) is 3.27. The highest BCUT2D eigenvalue weighted by Gasteiger charge is 2.25. The number of benzene rings is 1. The molecule has 0 aromatic heterocycles. The molecule has 1 aromatic carbocycles. The fraction of sp³-hybridized carbons (Fsp3) is 0.214. The molecular weight excluding hydrogens is 274 g/mol. The van der Waals surface area contributed by atoms with Crippen LogP contribution < -0.4 is 15.5 Å². The summed E-state index contributed by atoms with van der Waals surface area (Å²) in [4.78, 5) is 25.5. The van der Waals surface area contributed by atoms with Gasteiger partial charge >= 0.3 is 0 Å². The lowest BCUT2D eigenvalue weighted by Gasteiger charge is -2.17. The van der Waals surface area contributed by atoms with E-state index in [9.17, 15) is 9.59 Å². The molecule has 0 saturated carbocycles. The van der Waals surface area contributed by atoms with E-state index in [-0.39, 0.29) is 10.7 Å². The molecule has 5 nitrogen and oxygen atoms in total. The highest BCUT2D eigenvalue weighted by atomic mass is 32.1. The predicted molar refractivity (Wildman–Crippen MR) is 82.2 cm³/mol. The molecule has 1 aliphatic heterocycles. The Kier molecular flexibility index (Phi) is 4.14. The zero-order valence-electron chi connectivity index (χ0n) is 11.3. The Balaban J connectivity index is 2.24. The maximum atomic E-state index is 11.7. The Hall–Kier alpha value is -2.21. The van der Waals surface area contributed by atoms with Gasteiger partial charge in [0.1, 0.15) is 5.57 Å². The molecule has 0 aliphatic carbocycles. The van der Waals surface area contributed by atoms with E-state index in [1.807, 2.05) is 31.3 Å². The van der Waals surface area contributed by atoms with Crippen molar-refractivity contribution >= 4 is 40.9 Å². The molecule has 6 heteroatoms. The molecule has 104 valence electrons. The third-order valence-electron chi connectivity index (χ3n) is 3.06. The van der Waals surface area contributed by atoms with Crippen LogP contribution in [0.2, 0.25) is 0 Å². The molecule has 20 heavy (non-hydrogen) atoms. The highest BCUT2D eigenvalue weighted by Crippen LogP contribution is 2.16. The number of hydrogen-bond donors (Lipinski definition) is 2. The van der Waals surface area contributed by atoms with Gasteiger partial charge in [-0.1, -0.05) is 12.1 Å². The summed E-state index contributed by atoms with van der Waals surface area (Å²) in [6.45, 7) is 2.97. The molecule has 0 unspecified atom stereocenters. The van der Waals surface area contributed by atoms with Crippen LogP contribution in [0.15, 0.2) is 29.8 Å². The summed E-state index contributed by atoms with van der Waals surface area (Å²) in [7, 11) is 2.00. The van der Waals surface area contributed by atoms with E-state index in [1.165, 1.54) is 0 Å². The number of rotatable bonds is 3. The number of anilines is 1. The van der Waals surface area contributed by atoms with Crippen LogP contribution in [0, 0.1) is 0 Å². The first-order valence-corrected chi connectivity index (χ1v) is 6.61. The van der Waals surface area contributed by atoms with Crippen LogP contribution in [0.25, 0.3) is 6.08 Å². The summed E-state index contributed by atoms with van der Waals surface area (Å²) in [5.41, 5.74) is 1.91. The van der Waals surface area contributed by atoms with Gasteiger partial charge in [0.25, 0.3) is 11.8 Å². The average molecular weight is 289 g/mol. The molecule has 0 spiro atoms. The van der Waals surface area contributed by atoms with Gasteiger partial charge in [0.05, 0.1) is 0 Å². The molecule has 1 aromatic rings. The molecule has 2 N–H and O–H groups in total. The maximum Gasteiger partial charge on any atom is 0.263 e. The lowest BCUT2D eigenvalue weighted by Crippen LogP contribution is -2.51. The SMILES string of the molecule is CCN(C)c1ccc(C=C2C(=O)NC(=S)NC2=O)cc1. The Morgan fingerprint density at radius 3 is 2.20 bits per heavy atom. The van der Waals surface area contributed by atoms with Gasteiger partial charge in [-0.05, 0) is 42.9 Å². The molecule has 0 bridgehead atoms. The van der Waals surface area contributed by atoms with Gasteiger partial charge in [-0.25, -0.2) is 0 Å². The third kappa shape index (κ3) is 3.03. The van der Waals surface area contributed by atoms with Crippen LogP contribution in [-0.4, -0.2) is 30.5 Å². The van der Waals surface area contributed by atoms with Gasteiger partial charge in [-0.3, -0.25) is 20.2 Å². The summed E-state index contributed by atoms with van der Waals surface area (Å²) in [5.74, 6) is -0.956. The van der Waals surface area contributed by atoms with Crippen molar-refractivity contribution < 1.29 is 9.59 Å². The number of carbonyl (C=O) groups excluding carboxylic acids is 2. The molecule has 0 radical (unpaired) electrons. The van der Waals surface area contributed by atoms with Crippen LogP contribution in [0.1, 0.15) is 12.5 Å². The zero-order valence-corrected chi connectivity index (χ0v) is 12.1. The lowest BCUT2D eigenvalue weighted by molar-refractivity contribution is -0.123. The largest absolute Gasteiger partial charge is 0.375 e. The zero-order chi connectivity index (χ0) is 14.7. The fourth-order valence-electron chi connectivity index (χ4n) is 1.78. The molecule has 1 heterocycles. The van der Waals surface area contributed by atoms with Crippen molar-refractivity contribution in [2.75, 3.05) is 18.5 Å². The second-order valence-electron chi connectivity index (χ2n) is 4.40. The Labute approximate surface area is 122 Å². The van der Waals surface area contributed by atoms with Gasteiger partial charge in [0.15, 0.2) is 5.11 Å². The topological polar surface area (TPSA) is 61.4 Å². The Bertz CT molecular complexity index is 571. The summed E-state index contributed by atoms with van der Waals surface area (Å²) in [6, 6.07) is 7.61. The van der Waals surface area contributed by atoms with Crippen molar-refractivity contribution in [2.24, 2.45) is 0 Å². The number of thiocarbonyl (C=S) groups is 1. The second kappa shape index (κ2) is 5.83. The van der Waals surface area contributed by atoms with Crippen molar-refractivity contribution in [1.82, 2.24) is 10.6 Å². The number of nitrogens with one attached hydrogen (secondary N) is 2. The predicted octanol–water partition coefficient (Wildman–Crippen LogP) is 1.06. The van der Waals surface area contributed by atoms with Crippen molar-refractivity contribution in [1.29, 1.82) is 0 Å². The van der Waals surface area contributed by atoms with E-state index < -0.39 is 11.8 Å². The number of carbonyl (C=O) groups is 2. The van der Waals surface area contributed by atoms with Gasteiger partial charge in [-0.2, -0.15) is 0 Å². The van der Waals surface area contributed by atoms with Gasteiger partial charge in [0.2, 0.25) is 0 Å². The fourth-order valence-corrected chi connectivity index (χ4v) is 1.97. The molecule has 1 aliphatic rings. The van der Waals surface area contributed by atoms with Crippen molar-refractivity contribution in [3.05, 3.63) is 35.4 Å². The number of amides is 2. The summed E-state index contributed by atoms with van der Waals surface area (Å²) < 4.78 is 0. The van der Waals surface area contributed by atoms with E-state index in [4.69, 9.17) is 12.2 Å². The first-order valence-electron chi connectivity index (χ1n) is 6.21. The minimum absolute atomic E-state index is 0.0390.